The highest BCUT2D eigenvalue weighted by Crippen LogP contribution is 2.25. The van der Waals surface area contributed by atoms with Crippen molar-refractivity contribution < 1.29 is 18.8 Å². The number of benzene rings is 2. The molecule has 1 aromatic heterocycles. The van der Waals surface area contributed by atoms with Gasteiger partial charge in [0.15, 0.2) is 0 Å². The minimum Gasteiger partial charge on any atom is -0.441 e. The lowest BCUT2D eigenvalue weighted by molar-refractivity contribution is -0.125. The number of carbonyl (C=O) groups excluding carboxylic acids is 2. The fourth-order valence-electron chi connectivity index (χ4n) is 2.36. The number of aryl methyl sites for hydroxylation is 1. The first kappa shape index (κ1) is 18.9. The Balaban J connectivity index is 1.85. The van der Waals surface area contributed by atoms with Crippen LogP contribution >= 0.6 is 23.2 Å². The van der Waals surface area contributed by atoms with Crippen molar-refractivity contribution in [2.45, 2.75) is 13.0 Å². The number of ether oxygens (including phenoxy) is 1. The maximum Gasteiger partial charge on any atom is 0.378 e. The molecule has 0 saturated carbocycles. The van der Waals surface area contributed by atoms with Crippen molar-refractivity contribution >= 4 is 40.8 Å². The van der Waals surface area contributed by atoms with Gasteiger partial charge in [-0.05, 0) is 25.1 Å². The van der Waals surface area contributed by atoms with Crippen molar-refractivity contribution in [3.63, 3.8) is 0 Å². The second-order valence-electron chi connectivity index (χ2n) is 5.68. The fourth-order valence-corrected chi connectivity index (χ4v) is 2.89. The Kier molecular flexibility index (Phi) is 5.78. The zero-order valence-electron chi connectivity index (χ0n) is 14.1. The van der Waals surface area contributed by atoms with Crippen molar-refractivity contribution in [3.8, 4) is 0 Å². The standard InChI is InChI=1S/C19H14Cl2N2O4/c1-11-7-16(27-23-11)19(25)26-17(12-5-3-2-4-6-12)18(24)22-15-9-13(20)8-14(21)10-15/h2-10,17H,1H3,(H,22,24). The number of hydrogen-bond donors (Lipinski definition) is 1. The molecule has 1 unspecified atom stereocenters. The number of nitrogens with zero attached hydrogens (tertiary/aromatic N) is 1. The highest BCUT2D eigenvalue weighted by molar-refractivity contribution is 6.35. The van der Waals surface area contributed by atoms with E-state index in [9.17, 15) is 9.59 Å². The molecule has 1 atom stereocenters. The number of nitrogens with one attached hydrogen (secondary N) is 1. The lowest BCUT2D eigenvalue weighted by Gasteiger charge is -2.17. The van der Waals surface area contributed by atoms with Crippen LogP contribution in [-0.4, -0.2) is 17.0 Å². The summed E-state index contributed by atoms with van der Waals surface area (Å²) in [4.78, 5) is 25.1. The van der Waals surface area contributed by atoms with E-state index in [1.54, 1.807) is 43.3 Å². The molecule has 0 bridgehead atoms. The molecule has 1 amide bonds. The van der Waals surface area contributed by atoms with Gasteiger partial charge in [0.2, 0.25) is 11.9 Å². The lowest BCUT2D eigenvalue weighted by atomic mass is 10.1. The molecule has 27 heavy (non-hydrogen) atoms. The molecule has 8 heteroatoms. The molecule has 0 aliphatic carbocycles. The number of hydrogen-bond acceptors (Lipinski definition) is 5. The third-order valence-corrected chi connectivity index (χ3v) is 3.96. The molecule has 0 spiro atoms. The summed E-state index contributed by atoms with van der Waals surface area (Å²) in [6, 6.07) is 14.7. The molecule has 1 heterocycles. The van der Waals surface area contributed by atoms with Gasteiger partial charge in [-0.1, -0.05) is 58.7 Å². The van der Waals surface area contributed by atoms with Gasteiger partial charge in [-0.25, -0.2) is 4.79 Å². The Morgan fingerprint density at radius 1 is 1.07 bits per heavy atom. The van der Waals surface area contributed by atoms with Crippen LogP contribution in [0.4, 0.5) is 5.69 Å². The molecule has 3 aromatic rings. The minimum absolute atomic E-state index is 0.0907. The second kappa shape index (κ2) is 8.24. The maximum atomic E-state index is 12.8. The average molecular weight is 405 g/mol. The first-order chi connectivity index (χ1) is 12.9. The van der Waals surface area contributed by atoms with Gasteiger partial charge >= 0.3 is 5.97 Å². The van der Waals surface area contributed by atoms with Crippen LogP contribution in [0.3, 0.4) is 0 Å². The Hall–Kier alpha value is -2.83. The van der Waals surface area contributed by atoms with Gasteiger partial charge in [-0.2, -0.15) is 0 Å². The van der Waals surface area contributed by atoms with Crippen LogP contribution in [0, 0.1) is 6.92 Å². The molecule has 2 aromatic carbocycles. The normalized spacial score (nSPS) is 11.7. The lowest BCUT2D eigenvalue weighted by Crippen LogP contribution is -2.25. The average Bonchev–Trinajstić information content (AvgIpc) is 3.06. The smallest absolute Gasteiger partial charge is 0.378 e. The van der Waals surface area contributed by atoms with Crippen LogP contribution in [-0.2, 0) is 9.53 Å². The highest BCUT2D eigenvalue weighted by Gasteiger charge is 2.27. The molecule has 0 aliphatic heterocycles. The van der Waals surface area contributed by atoms with Gasteiger partial charge in [-0.15, -0.1) is 0 Å². The van der Waals surface area contributed by atoms with E-state index < -0.39 is 18.0 Å². The molecule has 0 radical (unpaired) electrons. The quantitative estimate of drug-likeness (QED) is 0.615. The van der Waals surface area contributed by atoms with Crippen molar-refractivity contribution in [2.75, 3.05) is 5.32 Å². The van der Waals surface area contributed by atoms with Crippen LogP contribution in [0.25, 0.3) is 0 Å². The Bertz CT molecular complexity index is 953. The maximum absolute atomic E-state index is 12.8. The van der Waals surface area contributed by atoms with E-state index in [4.69, 9.17) is 32.5 Å². The van der Waals surface area contributed by atoms with Crippen molar-refractivity contribution in [3.05, 3.63) is 81.7 Å². The number of aromatic nitrogens is 1. The number of esters is 1. The monoisotopic (exact) mass is 404 g/mol. The van der Waals surface area contributed by atoms with E-state index >= 15 is 0 Å². The molecule has 3 rings (SSSR count). The van der Waals surface area contributed by atoms with Crippen LogP contribution in [0.15, 0.2) is 59.1 Å². The van der Waals surface area contributed by atoms with E-state index in [-0.39, 0.29) is 5.76 Å². The van der Waals surface area contributed by atoms with Gasteiger partial charge in [0, 0.05) is 27.4 Å². The summed E-state index contributed by atoms with van der Waals surface area (Å²) in [6.45, 7) is 1.67. The highest BCUT2D eigenvalue weighted by atomic mass is 35.5. The third-order valence-electron chi connectivity index (χ3n) is 3.52. The number of carbonyl (C=O) groups is 2. The summed E-state index contributed by atoms with van der Waals surface area (Å²) < 4.78 is 10.3. The molecule has 6 nitrogen and oxygen atoms in total. The third kappa shape index (κ3) is 4.87. The fraction of sp³-hybridized carbons (Fsp3) is 0.105. The van der Waals surface area contributed by atoms with Crippen molar-refractivity contribution in [1.82, 2.24) is 5.16 Å². The van der Waals surface area contributed by atoms with Crippen LogP contribution in [0.1, 0.15) is 27.9 Å². The summed E-state index contributed by atoms with van der Waals surface area (Å²) >= 11 is 11.9. The van der Waals surface area contributed by atoms with Crippen LogP contribution in [0.2, 0.25) is 10.0 Å². The van der Waals surface area contributed by atoms with Crippen molar-refractivity contribution in [2.24, 2.45) is 0 Å². The second-order valence-corrected chi connectivity index (χ2v) is 6.55. The van der Waals surface area contributed by atoms with Gasteiger partial charge in [0.1, 0.15) is 0 Å². The van der Waals surface area contributed by atoms with Crippen LogP contribution < -0.4 is 5.32 Å². The topological polar surface area (TPSA) is 81.4 Å². The molecule has 138 valence electrons. The number of amides is 1. The van der Waals surface area contributed by atoms with Crippen LogP contribution in [0.5, 0.6) is 0 Å². The van der Waals surface area contributed by atoms with Gasteiger partial charge < -0.3 is 14.6 Å². The summed E-state index contributed by atoms with van der Waals surface area (Å²) in [5.74, 6) is -1.46. The molecular weight excluding hydrogens is 391 g/mol. The zero-order chi connectivity index (χ0) is 19.4. The minimum atomic E-state index is -1.21. The molecule has 1 N–H and O–H groups in total. The summed E-state index contributed by atoms with van der Waals surface area (Å²) in [5.41, 5.74) is 1.40. The first-order valence-corrected chi connectivity index (χ1v) is 8.64. The Morgan fingerprint density at radius 2 is 1.74 bits per heavy atom. The Labute approximate surface area is 165 Å². The zero-order valence-corrected chi connectivity index (χ0v) is 15.6. The van der Waals surface area contributed by atoms with E-state index in [2.05, 4.69) is 10.5 Å². The summed E-state index contributed by atoms with van der Waals surface area (Å²) in [7, 11) is 0. The SMILES string of the molecule is Cc1cc(C(=O)OC(C(=O)Nc2cc(Cl)cc(Cl)c2)c2ccccc2)on1. The Morgan fingerprint density at radius 3 is 2.33 bits per heavy atom. The molecule has 0 aliphatic rings. The van der Waals surface area contributed by atoms with E-state index in [0.717, 1.165) is 0 Å². The predicted octanol–water partition coefficient (Wildman–Crippen LogP) is 4.83. The number of halogens is 2. The summed E-state index contributed by atoms with van der Waals surface area (Å²) in [6.07, 6.45) is -1.21. The van der Waals surface area contributed by atoms with E-state index in [1.807, 2.05) is 0 Å². The number of rotatable bonds is 5. The van der Waals surface area contributed by atoms with Gasteiger partial charge in [0.05, 0.1) is 5.69 Å². The van der Waals surface area contributed by atoms with E-state index in [1.165, 1.54) is 18.2 Å². The number of anilines is 1. The predicted molar refractivity (Wildman–Crippen MR) is 101 cm³/mol. The first-order valence-electron chi connectivity index (χ1n) is 7.88. The summed E-state index contributed by atoms with van der Waals surface area (Å²) in [5, 5.41) is 7.03. The van der Waals surface area contributed by atoms with Gasteiger partial charge in [-0.3, -0.25) is 4.79 Å². The molecular formula is C19H14Cl2N2O4. The van der Waals surface area contributed by atoms with Gasteiger partial charge in [0.25, 0.3) is 5.91 Å². The molecule has 0 fully saturated rings. The van der Waals surface area contributed by atoms with Crippen molar-refractivity contribution in [1.29, 1.82) is 0 Å². The van der Waals surface area contributed by atoms with E-state index in [0.29, 0.717) is 27.0 Å². The largest absolute Gasteiger partial charge is 0.441 e. The molecule has 0 saturated heterocycles.